The zero-order chi connectivity index (χ0) is 16.7. The van der Waals surface area contributed by atoms with Crippen molar-refractivity contribution < 1.29 is 9.59 Å². The number of hydrogen-bond donors (Lipinski definition) is 0. The van der Waals surface area contributed by atoms with Crippen LogP contribution in [0.15, 0.2) is 18.6 Å². The Morgan fingerprint density at radius 2 is 1.83 bits per heavy atom. The third kappa shape index (κ3) is 2.78. The van der Waals surface area contributed by atoms with Crippen LogP contribution < -0.4 is 0 Å². The molecule has 4 rings (SSSR count). The fourth-order valence-electron chi connectivity index (χ4n) is 4.47. The molecule has 1 saturated carbocycles. The molecule has 2 atom stereocenters. The normalized spacial score (nSPS) is 32.2. The first kappa shape index (κ1) is 15.5. The standard InChI is InChI=1S/C18H24N4O2/c1-12-6-14(7-12)17(23)22-9-13-2-5-21(10-15(13)11-22)18(24)16-8-19-3-4-20-16/h3-4,8,12-15H,2,5-7,9-11H2,1H3/t12?,13-,14?,15-/m1/s1. The van der Waals surface area contributed by atoms with Crippen LogP contribution in [0, 0.1) is 23.7 Å². The minimum atomic E-state index is -0.0425. The maximum atomic E-state index is 12.6. The molecule has 1 aromatic heterocycles. The minimum Gasteiger partial charge on any atom is -0.342 e. The predicted molar refractivity (Wildman–Crippen MR) is 88.0 cm³/mol. The molecule has 2 aliphatic heterocycles. The summed E-state index contributed by atoms with van der Waals surface area (Å²) in [6.07, 6.45) is 7.71. The number of likely N-dealkylation sites (tertiary alicyclic amines) is 2. The van der Waals surface area contributed by atoms with Gasteiger partial charge in [-0.1, -0.05) is 6.92 Å². The molecule has 0 N–H and O–H groups in total. The van der Waals surface area contributed by atoms with Gasteiger partial charge in [-0.3, -0.25) is 14.6 Å². The predicted octanol–water partition coefficient (Wildman–Crippen LogP) is 1.44. The summed E-state index contributed by atoms with van der Waals surface area (Å²) in [6, 6.07) is 0. The molecule has 3 heterocycles. The SMILES string of the molecule is CC1CC(C(=O)N2C[C@H]3CCN(C(=O)c4cnccn4)C[C@@H]3C2)C1. The largest absolute Gasteiger partial charge is 0.342 e. The number of fused-ring (bicyclic) bond motifs is 1. The molecule has 0 radical (unpaired) electrons. The van der Waals surface area contributed by atoms with Gasteiger partial charge in [0, 0.05) is 44.5 Å². The van der Waals surface area contributed by atoms with Crippen LogP contribution >= 0.6 is 0 Å². The van der Waals surface area contributed by atoms with Crippen LogP contribution in [0.1, 0.15) is 36.7 Å². The third-order valence-electron chi connectivity index (χ3n) is 5.91. The highest BCUT2D eigenvalue weighted by atomic mass is 16.2. The molecule has 0 aromatic carbocycles. The van der Waals surface area contributed by atoms with E-state index in [4.69, 9.17) is 0 Å². The second-order valence-electron chi connectivity index (χ2n) is 7.67. The summed E-state index contributed by atoms with van der Waals surface area (Å²) in [4.78, 5) is 37.2. The molecule has 24 heavy (non-hydrogen) atoms. The third-order valence-corrected chi connectivity index (χ3v) is 5.91. The average molecular weight is 328 g/mol. The Hall–Kier alpha value is -1.98. The zero-order valence-corrected chi connectivity index (χ0v) is 14.1. The Balaban J connectivity index is 1.37. The van der Waals surface area contributed by atoms with Crippen LogP contribution in [-0.2, 0) is 4.79 Å². The van der Waals surface area contributed by atoms with Crippen molar-refractivity contribution >= 4 is 11.8 Å². The molecular formula is C18H24N4O2. The van der Waals surface area contributed by atoms with E-state index < -0.39 is 0 Å². The van der Waals surface area contributed by atoms with E-state index in [1.807, 2.05) is 4.90 Å². The Bertz CT molecular complexity index is 629. The molecule has 128 valence electrons. The van der Waals surface area contributed by atoms with Crippen LogP contribution in [0.2, 0.25) is 0 Å². The first-order valence-electron chi connectivity index (χ1n) is 8.96. The second-order valence-corrected chi connectivity index (χ2v) is 7.67. The fraction of sp³-hybridized carbons (Fsp3) is 0.667. The summed E-state index contributed by atoms with van der Waals surface area (Å²) < 4.78 is 0. The van der Waals surface area contributed by atoms with Gasteiger partial charge in [-0.25, -0.2) is 4.98 Å². The number of carbonyl (C=O) groups excluding carboxylic acids is 2. The Morgan fingerprint density at radius 3 is 2.54 bits per heavy atom. The van der Waals surface area contributed by atoms with Crippen molar-refractivity contribution in [2.24, 2.45) is 23.7 Å². The molecule has 3 aliphatic rings. The van der Waals surface area contributed by atoms with Gasteiger partial charge in [0.1, 0.15) is 5.69 Å². The van der Waals surface area contributed by atoms with E-state index in [1.54, 1.807) is 12.4 Å². The second kappa shape index (κ2) is 6.15. The lowest BCUT2D eigenvalue weighted by molar-refractivity contribution is -0.138. The number of nitrogens with zero attached hydrogens (tertiary/aromatic N) is 4. The summed E-state index contributed by atoms with van der Waals surface area (Å²) >= 11 is 0. The first-order chi connectivity index (χ1) is 11.6. The van der Waals surface area contributed by atoms with Gasteiger partial charge in [-0.05, 0) is 37.0 Å². The quantitative estimate of drug-likeness (QED) is 0.824. The minimum absolute atomic E-state index is 0.0425. The number of hydrogen-bond acceptors (Lipinski definition) is 4. The lowest BCUT2D eigenvalue weighted by atomic mass is 9.75. The fourth-order valence-corrected chi connectivity index (χ4v) is 4.47. The first-order valence-corrected chi connectivity index (χ1v) is 8.96. The Kier molecular flexibility index (Phi) is 3.98. The smallest absolute Gasteiger partial charge is 0.274 e. The van der Waals surface area contributed by atoms with Crippen molar-refractivity contribution in [2.75, 3.05) is 26.2 Å². The van der Waals surface area contributed by atoms with Gasteiger partial charge in [-0.15, -0.1) is 0 Å². The molecule has 0 spiro atoms. The van der Waals surface area contributed by atoms with Crippen LogP contribution in [0.5, 0.6) is 0 Å². The van der Waals surface area contributed by atoms with Crippen LogP contribution in [0.25, 0.3) is 0 Å². The highest BCUT2D eigenvalue weighted by Gasteiger charge is 2.43. The zero-order valence-electron chi connectivity index (χ0n) is 14.1. The molecule has 1 aliphatic carbocycles. The van der Waals surface area contributed by atoms with Crippen molar-refractivity contribution in [1.29, 1.82) is 0 Å². The number of amides is 2. The summed E-state index contributed by atoms with van der Waals surface area (Å²) in [5.41, 5.74) is 0.408. The molecule has 6 heteroatoms. The van der Waals surface area contributed by atoms with Gasteiger partial charge in [0.05, 0.1) is 6.20 Å². The molecule has 2 saturated heterocycles. The molecule has 0 unspecified atom stereocenters. The van der Waals surface area contributed by atoms with Gasteiger partial charge in [0.25, 0.3) is 5.91 Å². The van der Waals surface area contributed by atoms with Gasteiger partial charge >= 0.3 is 0 Å². The summed E-state index contributed by atoms with van der Waals surface area (Å²) in [5.74, 6) is 2.19. The Morgan fingerprint density at radius 1 is 1.08 bits per heavy atom. The van der Waals surface area contributed by atoms with E-state index in [9.17, 15) is 9.59 Å². The summed E-state index contributed by atoms with van der Waals surface area (Å²) in [7, 11) is 0. The highest BCUT2D eigenvalue weighted by Crippen LogP contribution is 2.38. The lowest BCUT2D eigenvalue weighted by Crippen LogP contribution is -2.43. The number of rotatable bonds is 2. The molecular weight excluding hydrogens is 304 g/mol. The summed E-state index contributed by atoms with van der Waals surface area (Å²) in [5, 5.41) is 0. The van der Waals surface area contributed by atoms with E-state index in [0.717, 1.165) is 45.4 Å². The maximum absolute atomic E-state index is 12.6. The van der Waals surface area contributed by atoms with Crippen molar-refractivity contribution in [2.45, 2.75) is 26.2 Å². The van der Waals surface area contributed by atoms with Gasteiger partial charge in [0.15, 0.2) is 0 Å². The van der Waals surface area contributed by atoms with E-state index >= 15 is 0 Å². The molecule has 6 nitrogen and oxygen atoms in total. The van der Waals surface area contributed by atoms with Crippen molar-refractivity contribution in [1.82, 2.24) is 19.8 Å². The van der Waals surface area contributed by atoms with Gasteiger partial charge in [-0.2, -0.15) is 0 Å². The lowest BCUT2D eigenvalue weighted by Gasteiger charge is -2.34. The summed E-state index contributed by atoms with van der Waals surface area (Å²) in [6.45, 7) is 5.37. The van der Waals surface area contributed by atoms with Crippen molar-refractivity contribution in [3.63, 3.8) is 0 Å². The van der Waals surface area contributed by atoms with Gasteiger partial charge < -0.3 is 9.80 Å². The van der Waals surface area contributed by atoms with E-state index in [1.165, 1.54) is 6.20 Å². The van der Waals surface area contributed by atoms with E-state index in [0.29, 0.717) is 29.4 Å². The monoisotopic (exact) mass is 328 g/mol. The number of aromatic nitrogens is 2. The number of piperidine rings is 1. The number of carbonyl (C=O) groups is 2. The van der Waals surface area contributed by atoms with Crippen LogP contribution in [0.3, 0.4) is 0 Å². The highest BCUT2D eigenvalue weighted by molar-refractivity contribution is 5.92. The van der Waals surface area contributed by atoms with Gasteiger partial charge in [0.2, 0.25) is 5.91 Å². The van der Waals surface area contributed by atoms with Crippen LogP contribution in [0.4, 0.5) is 0 Å². The Labute approximate surface area is 142 Å². The topological polar surface area (TPSA) is 66.4 Å². The average Bonchev–Trinajstić information content (AvgIpc) is 3.01. The van der Waals surface area contributed by atoms with Crippen molar-refractivity contribution in [3.8, 4) is 0 Å². The van der Waals surface area contributed by atoms with E-state index in [-0.39, 0.29) is 11.8 Å². The molecule has 0 bridgehead atoms. The van der Waals surface area contributed by atoms with E-state index in [2.05, 4.69) is 21.8 Å². The maximum Gasteiger partial charge on any atom is 0.274 e. The van der Waals surface area contributed by atoms with Crippen molar-refractivity contribution in [3.05, 3.63) is 24.3 Å². The molecule has 2 amide bonds. The molecule has 1 aromatic rings. The molecule has 3 fully saturated rings. The van der Waals surface area contributed by atoms with Crippen LogP contribution in [-0.4, -0.2) is 57.8 Å².